The Bertz CT molecular complexity index is 544. The molecule has 6 heteroatoms. The average Bonchev–Trinajstić information content (AvgIpc) is 2.62. The van der Waals surface area contributed by atoms with Crippen LogP contribution in [0.2, 0.25) is 0 Å². The minimum absolute atomic E-state index is 0.0197. The van der Waals surface area contributed by atoms with E-state index in [-0.39, 0.29) is 11.8 Å². The van der Waals surface area contributed by atoms with Crippen molar-refractivity contribution in [2.45, 2.75) is 6.42 Å². The molecule has 2 rings (SSSR count). The van der Waals surface area contributed by atoms with Gasteiger partial charge in [-0.2, -0.15) is 0 Å². The quantitative estimate of drug-likeness (QED) is 0.859. The summed E-state index contributed by atoms with van der Waals surface area (Å²) in [6.07, 6.45) is 0.455. The Balaban J connectivity index is 2.23. The van der Waals surface area contributed by atoms with E-state index in [1.54, 1.807) is 18.0 Å². The molecular formula is C15H22N4O2. The predicted molar refractivity (Wildman–Crippen MR) is 83.8 cm³/mol. The van der Waals surface area contributed by atoms with Crippen molar-refractivity contribution in [1.29, 1.82) is 0 Å². The molecule has 0 radical (unpaired) electrons. The second-order valence-electron chi connectivity index (χ2n) is 5.28. The Morgan fingerprint density at radius 2 is 2.24 bits per heavy atom. The van der Waals surface area contributed by atoms with Crippen molar-refractivity contribution in [2.75, 3.05) is 51.0 Å². The molecule has 0 spiro atoms. The van der Waals surface area contributed by atoms with E-state index >= 15 is 0 Å². The number of carbonyl (C=O) groups is 2. The fourth-order valence-corrected chi connectivity index (χ4v) is 2.31. The van der Waals surface area contributed by atoms with E-state index in [0.717, 1.165) is 12.2 Å². The van der Waals surface area contributed by atoms with E-state index in [4.69, 9.17) is 0 Å². The Hall–Kier alpha value is -2.08. The van der Waals surface area contributed by atoms with Gasteiger partial charge in [0.15, 0.2) is 0 Å². The maximum atomic E-state index is 12.4. The molecule has 0 aliphatic carbocycles. The highest BCUT2D eigenvalue weighted by atomic mass is 16.2. The van der Waals surface area contributed by atoms with Crippen molar-refractivity contribution in [3.63, 3.8) is 0 Å². The summed E-state index contributed by atoms with van der Waals surface area (Å²) >= 11 is 0. The topological polar surface area (TPSA) is 64.7 Å². The van der Waals surface area contributed by atoms with Gasteiger partial charge in [0.1, 0.15) is 0 Å². The van der Waals surface area contributed by atoms with Crippen LogP contribution in [0.15, 0.2) is 18.2 Å². The molecule has 1 aliphatic heterocycles. The minimum atomic E-state index is -0.0470. The van der Waals surface area contributed by atoms with Crippen LogP contribution in [0.5, 0.6) is 0 Å². The maximum Gasteiger partial charge on any atom is 0.253 e. The standard InChI is InChI=1S/C15H22N4O2/c1-16-7-9-19(3)15(21)11-4-5-13-12(10-11)17-14(20)6-8-18(13)2/h4-5,10,16H,6-9H2,1-3H3,(H,17,20). The minimum Gasteiger partial charge on any atom is -0.372 e. The van der Waals surface area contributed by atoms with Crippen molar-refractivity contribution < 1.29 is 9.59 Å². The lowest BCUT2D eigenvalue weighted by Crippen LogP contribution is -2.32. The van der Waals surface area contributed by atoms with Crippen molar-refractivity contribution in [3.05, 3.63) is 23.8 Å². The van der Waals surface area contributed by atoms with Crippen LogP contribution in [0.25, 0.3) is 0 Å². The SMILES string of the molecule is CNCCN(C)C(=O)c1ccc2c(c1)NC(=O)CCN2C. The number of amides is 2. The number of nitrogens with one attached hydrogen (secondary N) is 2. The first-order valence-electron chi connectivity index (χ1n) is 7.08. The van der Waals surface area contributed by atoms with E-state index in [1.165, 1.54) is 0 Å². The van der Waals surface area contributed by atoms with Gasteiger partial charge in [-0.25, -0.2) is 0 Å². The molecule has 2 amide bonds. The number of rotatable bonds is 4. The summed E-state index contributed by atoms with van der Waals surface area (Å²) in [7, 11) is 5.57. The summed E-state index contributed by atoms with van der Waals surface area (Å²) in [4.78, 5) is 27.8. The molecule has 1 aromatic carbocycles. The van der Waals surface area contributed by atoms with Crippen LogP contribution in [-0.2, 0) is 4.79 Å². The van der Waals surface area contributed by atoms with Gasteiger partial charge in [-0.3, -0.25) is 9.59 Å². The summed E-state index contributed by atoms with van der Waals surface area (Å²) < 4.78 is 0. The van der Waals surface area contributed by atoms with Gasteiger partial charge < -0.3 is 20.4 Å². The molecule has 2 N–H and O–H groups in total. The second-order valence-corrected chi connectivity index (χ2v) is 5.28. The van der Waals surface area contributed by atoms with Crippen LogP contribution in [0.1, 0.15) is 16.8 Å². The summed E-state index contributed by atoms with van der Waals surface area (Å²) in [5.74, 6) is -0.0667. The maximum absolute atomic E-state index is 12.4. The molecule has 0 atom stereocenters. The molecule has 0 saturated carbocycles. The van der Waals surface area contributed by atoms with Crippen molar-refractivity contribution >= 4 is 23.2 Å². The molecular weight excluding hydrogens is 268 g/mol. The van der Waals surface area contributed by atoms with Gasteiger partial charge in [0.05, 0.1) is 11.4 Å². The monoisotopic (exact) mass is 290 g/mol. The highest BCUT2D eigenvalue weighted by molar-refractivity contribution is 6.00. The molecule has 1 aliphatic rings. The van der Waals surface area contributed by atoms with Crippen LogP contribution in [0, 0.1) is 0 Å². The molecule has 1 aromatic rings. The lowest BCUT2D eigenvalue weighted by atomic mass is 10.1. The Morgan fingerprint density at radius 1 is 1.48 bits per heavy atom. The first kappa shape index (κ1) is 15.3. The second kappa shape index (κ2) is 6.58. The van der Waals surface area contributed by atoms with Gasteiger partial charge in [-0.15, -0.1) is 0 Å². The fourth-order valence-electron chi connectivity index (χ4n) is 2.31. The summed E-state index contributed by atoms with van der Waals surface area (Å²) in [6, 6.07) is 5.46. The third kappa shape index (κ3) is 3.52. The number of likely N-dealkylation sites (N-methyl/N-ethyl adjacent to an activating group) is 2. The van der Waals surface area contributed by atoms with Gasteiger partial charge in [-0.1, -0.05) is 0 Å². The molecule has 6 nitrogen and oxygen atoms in total. The Morgan fingerprint density at radius 3 is 2.95 bits per heavy atom. The number of nitrogens with zero attached hydrogens (tertiary/aromatic N) is 2. The number of carbonyl (C=O) groups excluding carboxylic acids is 2. The smallest absolute Gasteiger partial charge is 0.253 e. The van der Waals surface area contributed by atoms with E-state index in [0.29, 0.717) is 30.8 Å². The van der Waals surface area contributed by atoms with Crippen LogP contribution in [0.4, 0.5) is 11.4 Å². The zero-order valence-electron chi connectivity index (χ0n) is 12.8. The van der Waals surface area contributed by atoms with Crippen molar-refractivity contribution in [1.82, 2.24) is 10.2 Å². The number of hydrogen-bond donors (Lipinski definition) is 2. The number of hydrogen-bond acceptors (Lipinski definition) is 4. The number of benzene rings is 1. The van der Waals surface area contributed by atoms with Gasteiger partial charge in [0, 0.05) is 45.7 Å². The lowest BCUT2D eigenvalue weighted by Gasteiger charge is -2.21. The molecule has 21 heavy (non-hydrogen) atoms. The zero-order chi connectivity index (χ0) is 15.4. The largest absolute Gasteiger partial charge is 0.372 e. The van der Waals surface area contributed by atoms with Crippen LogP contribution in [-0.4, -0.2) is 57.5 Å². The highest BCUT2D eigenvalue weighted by Crippen LogP contribution is 2.29. The van der Waals surface area contributed by atoms with Crippen LogP contribution < -0.4 is 15.5 Å². The molecule has 0 bridgehead atoms. The first-order valence-corrected chi connectivity index (χ1v) is 7.08. The number of fused-ring (bicyclic) bond motifs is 1. The van der Waals surface area contributed by atoms with Crippen LogP contribution in [0.3, 0.4) is 0 Å². The van der Waals surface area contributed by atoms with Crippen molar-refractivity contribution in [2.24, 2.45) is 0 Å². The van der Waals surface area contributed by atoms with Crippen LogP contribution >= 0.6 is 0 Å². The predicted octanol–water partition coefficient (Wildman–Crippen LogP) is 0.756. The number of anilines is 2. The zero-order valence-corrected chi connectivity index (χ0v) is 12.8. The summed E-state index contributed by atoms with van der Waals surface area (Å²) in [5, 5.41) is 5.88. The van der Waals surface area contributed by atoms with Gasteiger partial charge in [-0.05, 0) is 25.2 Å². The Labute approximate surface area is 125 Å². The van der Waals surface area contributed by atoms with Gasteiger partial charge >= 0.3 is 0 Å². The molecule has 0 saturated heterocycles. The summed E-state index contributed by atoms with van der Waals surface area (Å²) in [6.45, 7) is 2.06. The first-order chi connectivity index (χ1) is 10.0. The van der Waals surface area contributed by atoms with E-state index in [9.17, 15) is 9.59 Å². The average molecular weight is 290 g/mol. The Kier molecular flexibility index (Phi) is 4.80. The molecule has 0 fully saturated rings. The van der Waals surface area contributed by atoms with Gasteiger partial charge in [0.25, 0.3) is 5.91 Å². The lowest BCUT2D eigenvalue weighted by molar-refractivity contribution is -0.115. The van der Waals surface area contributed by atoms with E-state index in [2.05, 4.69) is 10.6 Å². The normalized spacial score (nSPS) is 14.2. The highest BCUT2D eigenvalue weighted by Gasteiger charge is 2.19. The van der Waals surface area contributed by atoms with Crippen molar-refractivity contribution in [3.8, 4) is 0 Å². The van der Waals surface area contributed by atoms with E-state index < -0.39 is 0 Å². The molecule has 0 aromatic heterocycles. The summed E-state index contributed by atoms with van der Waals surface area (Å²) in [5.41, 5.74) is 2.23. The third-order valence-electron chi connectivity index (χ3n) is 3.65. The van der Waals surface area contributed by atoms with Gasteiger partial charge in [0.2, 0.25) is 5.91 Å². The molecule has 0 unspecified atom stereocenters. The van der Waals surface area contributed by atoms with E-state index in [1.807, 2.05) is 31.1 Å². The molecule has 114 valence electrons. The third-order valence-corrected chi connectivity index (χ3v) is 3.65. The fraction of sp³-hybridized carbons (Fsp3) is 0.467. The molecule has 1 heterocycles.